The first-order valence-electron chi connectivity index (χ1n) is 9.28. The summed E-state index contributed by atoms with van der Waals surface area (Å²) in [5.41, 5.74) is 3.14. The summed E-state index contributed by atoms with van der Waals surface area (Å²) >= 11 is 0. The Kier molecular flexibility index (Phi) is 6.80. The van der Waals surface area contributed by atoms with Gasteiger partial charge in [-0.2, -0.15) is 5.10 Å². The van der Waals surface area contributed by atoms with Crippen molar-refractivity contribution in [3.63, 3.8) is 0 Å². The van der Waals surface area contributed by atoms with Gasteiger partial charge in [0.05, 0.1) is 24.8 Å². The summed E-state index contributed by atoms with van der Waals surface area (Å²) in [5, 5.41) is 18.4. The minimum atomic E-state index is -0.420. The van der Waals surface area contributed by atoms with Gasteiger partial charge in [-0.05, 0) is 47.9 Å². The molecule has 152 valence electrons. The van der Waals surface area contributed by atoms with Crippen molar-refractivity contribution in [2.75, 3.05) is 13.7 Å². The third kappa shape index (κ3) is 5.79. The van der Waals surface area contributed by atoms with Gasteiger partial charge in [0.15, 0.2) is 11.5 Å². The van der Waals surface area contributed by atoms with Crippen molar-refractivity contribution in [1.82, 2.24) is 15.1 Å². The third-order valence-electron chi connectivity index (χ3n) is 4.38. The molecule has 0 aliphatic heterocycles. The molecule has 8 nitrogen and oxygen atoms in total. The van der Waals surface area contributed by atoms with Crippen molar-refractivity contribution in [2.24, 2.45) is 0 Å². The summed E-state index contributed by atoms with van der Waals surface area (Å²) in [7, 11) is 1.60. The normalized spacial score (nSPS) is 10.7. The Labute approximate surface area is 169 Å². The smallest absolute Gasteiger partial charge is 0.269 e. The first-order chi connectivity index (χ1) is 14.0. The zero-order valence-electron chi connectivity index (χ0n) is 16.5. The quantitative estimate of drug-likeness (QED) is 0.320. The fourth-order valence-electron chi connectivity index (χ4n) is 2.83. The number of hydrogen-bond donors (Lipinski definition) is 1. The number of non-ortho nitro benzene ring substituents is 1. The molecule has 0 radical (unpaired) electrons. The van der Waals surface area contributed by atoms with Crippen LogP contribution in [0.5, 0.6) is 11.5 Å². The van der Waals surface area contributed by atoms with Crippen LogP contribution in [0.25, 0.3) is 0 Å². The molecule has 0 atom stereocenters. The van der Waals surface area contributed by atoms with E-state index in [4.69, 9.17) is 9.47 Å². The molecule has 1 heterocycles. The van der Waals surface area contributed by atoms with E-state index in [9.17, 15) is 10.1 Å². The maximum Gasteiger partial charge on any atom is 0.269 e. The highest BCUT2D eigenvalue weighted by atomic mass is 16.6. The van der Waals surface area contributed by atoms with Crippen molar-refractivity contribution in [3.05, 3.63) is 81.7 Å². The van der Waals surface area contributed by atoms with Crippen LogP contribution in [0.1, 0.15) is 16.7 Å². The Hall–Kier alpha value is -3.39. The van der Waals surface area contributed by atoms with Crippen LogP contribution in [-0.2, 0) is 19.7 Å². The van der Waals surface area contributed by atoms with Gasteiger partial charge in [0, 0.05) is 31.4 Å². The number of nitrogens with one attached hydrogen (secondary N) is 1. The Morgan fingerprint density at radius 1 is 1.14 bits per heavy atom. The molecular weight excluding hydrogens is 372 g/mol. The molecule has 0 bridgehead atoms. The summed E-state index contributed by atoms with van der Waals surface area (Å²) in [6.45, 7) is 4.65. The number of ether oxygens (including phenoxy) is 2. The predicted octanol–water partition coefficient (Wildman–Crippen LogP) is 3.48. The number of rotatable bonds is 10. The fraction of sp³-hybridized carbons (Fsp3) is 0.286. The average Bonchev–Trinajstić information content (AvgIpc) is 3.15. The molecule has 3 rings (SSSR count). The maximum atomic E-state index is 10.7. The van der Waals surface area contributed by atoms with Gasteiger partial charge in [-0.3, -0.25) is 14.8 Å². The van der Waals surface area contributed by atoms with Crippen LogP contribution in [0, 0.1) is 17.0 Å². The van der Waals surface area contributed by atoms with E-state index in [-0.39, 0.29) is 5.69 Å². The maximum absolute atomic E-state index is 10.7. The van der Waals surface area contributed by atoms with Crippen LogP contribution in [0.2, 0.25) is 0 Å². The van der Waals surface area contributed by atoms with Crippen molar-refractivity contribution in [3.8, 4) is 11.5 Å². The summed E-state index contributed by atoms with van der Waals surface area (Å²) in [6, 6.07) is 12.1. The van der Waals surface area contributed by atoms with Crippen molar-refractivity contribution in [2.45, 2.75) is 26.6 Å². The minimum absolute atomic E-state index is 0.0610. The van der Waals surface area contributed by atoms with Gasteiger partial charge >= 0.3 is 0 Å². The molecule has 0 aliphatic carbocycles. The van der Waals surface area contributed by atoms with Gasteiger partial charge in [0.1, 0.15) is 6.61 Å². The lowest BCUT2D eigenvalue weighted by atomic mass is 10.2. The summed E-state index contributed by atoms with van der Waals surface area (Å²) in [5.74, 6) is 1.27. The molecule has 0 saturated carbocycles. The second-order valence-electron chi connectivity index (χ2n) is 6.65. The molecule has 1 aromatic heterocycles. The summed E-state index contributed by atoms with van der Waals surface area (Å²) in [4.78, 5) is 10.3. The number of nitrogens with zero attached hydrogens (tertiary/aromatic N) is 3. The van der Waals surface area contributed by atoms with Crippen molar-refractivity contribution < 1.29 is 14.4 Å². The van der Waals surface area contributed by atoms with Gasteiger partial charge in [0.2, 0.25) is 0 Å². The molecule has 0 spiro atoms. The highest BCUT2D eigenvalue weighted by Gasteiger charge is 2.08. The molecule has 29 heavy (non-hydrogen) atoms. The summed E-state index contributed by atoms with van der Waals surface area (Å²) in [6.07, 6.45) is 3.86. The lowest BCUT2D eigenvalue weighted by molar-refractivity contribution is -0.384. The lowest BCUT2D eigenvalue weighted by Gasteiger charge is -2.13. The topological polar surface area (TPSA) is 91.5 Å². The number of aromatic nitrogens is 2. The van der Waals surface area contributed by atoms with E-state index in [0.29, 0.717) is 24.7 Å². The first-order valence-corrected chi connectivity index (χ1v) is 9.28. The number of benzene rings is 2. The number of nitro groups is 1. The number of hydrogen-bond acceptors (Lipinski definition) is 6. The molecule has 0 aliphatic rings. The minimum Gasteiger partial charge on any atom is -0.493 e. The Bertz CT molecular complexity index is 954. The van der Waals surface area contributed by atoms with Crippen LogP contribution in [0.4, 0.5) is 5.69 Å². The van der Waals surface area contributed by atoms with Gasteiger partial charge in [-0.15, -0.1) is 0 Å². The lowest BCUT2D eigenvalue weighted by Crippen LogP contribution is -2.19. The van der Waals surface area contributed by atoms with E-state index in [2.05, 4.69) is 10.4 Å². The van der Waals surface area contributed by atoms with Crippen LogP contribution in [0.15, 0.2) is 54.9 Å². The highest BCUT2D eigenvalue weighted by molar-refractivity contribution is 5.43. The predicted molar refractivity (Wildman–Crippen MR) is 109 cm³/mol. The number of nitro benzene ring substituents is 1. The van der Waals surface area contributed by atoms with E-state index in [0.717, 1.165) is 29.8 Å². The Balaban J connectivity index is 1.51. The van der Waals surface area contributed by atoms with Gasteiger partial charge in [-0.1, -0.05) is 6.07 Å². The molecule has 0 amide bonds. The third-order valence-corrected chi connectivity index (χ3v) is 4.38. The zero-order valence-corrected chi connectivity index (χ0v) is 16.5. The van der Waals surface area contributed by atoms with Crippen LogP contribution in [-0.4, -0.2) is 28.4 Å². The number of aryl methyl sites for hydroxylation is 1. The Morgan fingerprint density at radius 2 is 1.90 bits per heavy atom. The van der Waals surface area contributed by atoms with E-state index >= 15 is 0 Å². The molecule has 1 N–H and O–H groups in total. The van der Waals surface area contributed by atoms with Gasteiger partial charge in [-0.25, -0.2) is 0 Å². The second-order valence-corrected chi connectivity index (χ2v) is 6.65. The molecular formula is C21H24N4O4. The van der Waals surface area contributed by atoms with E-state index < -0.39 is 4.92 Å². The number of methoxy groups -OCH3 is 1. The molecule has 0 unspecified atom stereocenters. The monoisotopic (exact) mass is 396 g/mol. The van der Waals surface area contributed by atoms with Gasteiger partial charge in [0.25, 0.3) is 5.69 Å². The molecule has 0 fully saturated rings. The molecule has 0 saturated heterocycles. The SMILES string of the molecule is COc1cc(CNCCn2cc(C)cn2)ccc1OCc1ccc([N+](=O)[O-])cc1. The summed E-state index contributed by atoms with van der Waals surface area (Å²) < 4.78 is 13.2. The van der Waals surface area contributed by atoms with E-state index in [1.807, 2.05) is 42.2 Å². The molecule has 2 aromatic carbocycles. The molecule has 3 aromatic rings. The first kappa shape index (κ1) is 20.3. The second kappa shape index (κ2) is 9.70. The highest BCUT2D eigenvalue weighted by Crippen LogP contribution is 2.29. The van der Waals surface area contributed by atoms with Gasteiger partial charge < -0.3 is 14.8 Å². The zero-order chi connectivity index (χ0) is 20.6. The molecule has 8 heteroatoms. The largest absolute Gasteiger partial charge is 0.493 e. The van der Waals surface area contributed by atoms with Crippen LogP contribution in [0.3, 0.4) is 0 Å². The standard InChI is InChI=1S/C21H24N4O4/c1-16-12-23-24(14-16)10-9-22-13-18-5-8-20(21(11-18)28-2)29-15-17-3-6-19(7-4-17)25(26)27/h3-8,11-12,14,22H,9-10,13,15H2,1-2H3. The fourth-order valence-corrected chi connectivity index (χ4v) is 2.83. The average molecular weight is 396 g/mol. The van der Waals surface area contributed by atoms with E-state index in [1.54, 1.807) is 19.2 Å². The Morgan fingerprint density at radius 3 is 2.55 bits per heavy atom. The van der Waals surface area contributed by atoms with Crippen LogP contribution >= 0.6 is 0 Å². The van der Waals surface area contributed by atoms with Crippen molar-refractivity contribution in [1.29, 1.82) is 0 Å². The van der Waals surface area contributed by atoms with E-state index in [1.165, 1.54) is 12.1 Å². The van der Waals surface area contributed by atoms with Crippen LogP contribution < -0.4 is 14.8 Å². The van der Waals surface area contributed by atoms with Crippen molar-refractivity contribution >= 4 is 5.69 Å².